The molecule has 1 aliphatic rings. The quantitative estimate of drug-likeness (QED) is 0.0532. The normalized spacial score (nSPS) is 18.0. The van der Waals surface area contributed by atoms with E-state index in [2.05, 4.69) is 20.6 Å². The van der Waals surface area contributed by atoms with Gasteiger partial charge in [0.1, 0.15) is 50.0 Å². The number of alkyl halides is 3. The number of anilines is 1. The van der Waals surface area contributed by atoms with Crippen LogP contribution in [-0.2, 0) is 48.4 Å². The predicted molar refractivity (Wildman–Crippen MR) is 203 cm³/mol. The van der Waals surface area contributed by atoms with Crippen LogP contribution >= 0.6 is 0 Å². The molecule has 5 rings (SSSR count). The molecule has 0 aliphatic carbocycles. The van der Waals surface area contributed by atoms with Crippen LogP contribution in [0.15, 0.2) is 108 Å². The van der Waals surface area contributed by atoms with E-state index < -0.39 is 67.5 Å². The number of carboxylic acid groups (broad SMARTS) is 1. The van der Waals surface area contributed by atoms with Gasteiger partial charge in [-0.3, -0.25) is 14.9 Å². The lowest BCUT2D eigenvalue weighted by molar-refractivity contribution is -0.192. The number of benzene rings is 3. The second-order valence-corrected chi connectivity index (χ2v) is 13.0. The fourth-order valence-electron chi connectivity index (χ4n) is 5.40. The number of aromatic nitrogens is 2. The van der Waals surface area contributed by atoms with Gasteiger partial charge in [0, 0.05) is 12.7 Å². The largest absolute Gasteiger partial charge is 0.490 e. The number of aliphatic hydroxyl groups is 3. The van der Waals surface area contributed by atoms with Crippen LogP contribution < -0.4 is 16.3 Å². The first-order valence-electron chi connectivity index (χ1n) is 18.4. The number of nitrogens with zero attached hydrogens (tertiary/aromatic N) is 3. The molecule has 60 heavy (non-hydrogen) atoms. The van der Waals surface area contributed by atoms with Gasteiger partial charge >= 0.3 is 30.3 Å². The van der Waals surface area contributed by atoms with E-state index in [4.69, 9.17) is 28.8 Å². The number of aliphatic hydroxyl groups excluding tert-OH is 3. The number of carbonyl (C=O) groups is 4. The van der Waals surface area contributed by atoms with Crippen LogP contribution in [0, 0.1) is 0 Å². The van der Waals surface area contributed by atoms with Gasteiger partial charge in [0.2, 0.25) is 5.62 Å². The third-order valence-electron chi connectivity index (χ3n) is 8.49. The fraction of sp³-hybridized carbons (Fsp3) is 0.350. The van der Waals surface area contributed by atoms with Gasteiger partial charge in [0.25, 0.3) is 0 Å². The molecule has 1 saturated heterocycles. The van der Waals surface area contributed by atoms with Gasteiger partial charge < -0.3 is 44.7 Å². The number of aliphatic carboxylic acids is 1. The van der Waals surface area contributed by atoms with E-state index >= 15 is 0 Å². The van der Waals surface area contributed by atoms with Gasteiger partial charge in [-0.15, -0.1) is 0 Å². The van der Waals surface area contributed by atoms with Gasteiger partial charge in [0.05, 0.1) is 6.61 Å². The molecular weight excluding hydrogens is 799 g/mol. The zero-order valence-electron chi connectivity index (χ0n) is 31.9. The Morgan fingerprint density at radius 3 is 1.80 bits per heavy atom. The first-order chi connectivity index (χ1) is 28.7. The molecule has 3 aromatic carbocycles. The van der Waals surface area contributed by atoms with Crippen LogP contribution in [0.3, 0.4) is 0 Å². The molecule has 1 fully saturated rings. The van der Waals surface area contributed by atoms with Gasteiger partial charge in [-0.2, -0.15) is 18.2 Å². The Morgan fingerprint density at radius 1 is 0.783 bits per heavy atom. The summed E-state index contributed by atoms with van der Waals surface area (Å²) in [4.78, 5) is 56.2. The average Bonchev–Trinajstić information content (AvgIpc) is 3.53. The molecule has 2 heterocycles. The minimum atomic E-state index is -5.08. The standard InChI is InChI=1S/C38H43N5O10.C2HF3O2/c44-22-30-32(45)33(46)34(53-30)43-21-19-31(42-38(49)52-25-28-16-8-3-9-17-28)41-36(43)39-20-11-10-18-29(35(47)50-23-26-12-4-1-5-13-26)40-37(48)51-24-27-14-6-2-7-15-27;3-2(4,5)1(6)7/h1-9,12-17,19,21,29-30,32-34,44-46H,10-11,18,20,22-25H2,(H,40,48)(H,39,41,42,49);(H,6,7)/t29-,30+,32+,33+,34+;/m0./s1. The number of esters is 1. The summed E-state index contributed by atoms with van der Waals surface area (Å²) in [5.41, 5.74) is 2.43. The Labute approximate surface area is 341 Å². The summed E-state index contributed by atoms with van der Waals surface area (Å²) in [5.74, 6) is -3.28. The first kappa shape index (κ1) is 46.3. The molecule has 5 atom stereocenters. The minimum Gasteiger partial charge on any atom is -0.475 e. The number of halogens is 3. The van der Waals surface area contributed by atoms with Crippen molar-refractivity contribution in [3.05, 3.63) is 126 Å². The van der Waals surface area contributed by atoms with Crippen molar-refractivity contribution in [2.75, 3.05) is 18.5 Å². The number of carboxylic acids is 1. The lowest BCUT2D eigenvalue weighted by Gasteiger charge is -2.19. The molecule has 0 spiro atoms. The summed E-state index contributed by atoms with van der Waals surface area (Å²) in [6.45, 7) is -0.250. The maximum atomic E-state index is 13.1. The van der Waals surface area contributed by atoms with Crippen LogP contribution in [0.1, 0.15) is 42.2 Å². The Bertz CT molecular complexity index is 2040. The lowest BCUT2D eigenvalue weighted by atomic mass is 10.1. The van der Waals surface area contributed by atoms with E-state index in [0.717, 1.165) is 16.7 Å². The van der Waals surface area contributed by atoms with Crippen molar-refractivity contribution in [2.45, 2.75) is 75.8 Å². The van der Waals surface area contributed by atoms with E-state index in [1.165, 1.54) is 16.8 Å². The summed E-state index contributed by atoms with van der Waals surface area (Å²) < 4.78 is 55.0. The highest BCUT2D eigenvalue weighted by Crippen LogP contribution is 2.28. The number of ether oxygens (including phenoxy) is 4. The SMILES string of the molecule is O=C(Nc1ccn([C@@H]2O[C@H](CO)[C@@H](O)[C@H]2O)c(=NCCCC[C@H](NC(=O)OCc2ccccc2)C(=O)OCc2ccccc2)n1)OCc1ccccc1.O=C(O)C(F)(F)F. The zero-order valence-corrected chi connectivity index (χ0v) is 31.9. The number of alkyl carbamates (subject to hydrolysis) is 1. The molecule has 1 aromatic heterocycles. The summed E-state index contributed by atoms with van der Waals surface area (Å²) in [6, 6.07) is 27.9. The third kappa shape index (κ3) is 15.1. The van der Waals surface area contributed by atoms with E-state index in [1.54, 1.807) is 0 Å². The Morgan fingerprint density at radius 2 is 1.30 bits per heavy atom. The van der Waals surface area contributed by atoms with E-state index in [0.29, 0.717) is 12.8 Å². The van der Waals surface area contributed by atoms with Crippen LogP contribution in [0.4, 0.5) is 28.6 Å². The highest BCUT2D eigenvalue weighted by atomic mass is 19.4. The fourth-order valence-corrected chi connectivity index (χ4v) is 5.40. The second-order valence-electron chi connectivity index (χ2n) is 13.0. The van der Waals surface area contributed by atoms with E-state index in [1.807, 2.05) is 91.0 Å². The summed E-state index contributed by atoms with van der Waals surface area (Å²) in [5, 5.41) is 43.0. The molecule has 2 amide bonds. The number of nitrogens with one attached hydrogen (secondary N) is 2. The van der Waals surface area contributed by atoms with Crippen LogP contribution in [-0.4, -0.2) is 97.8 Å². The molecule has 6 N–H and O–H groups in total. The first-order valence-corrected chi connectivity index (χ1v) is 18.4. The van der Waals surface area contributed by atoms with Gasteiger partial charge in [0.15, 0.2) is 6.23 Å². The molecule has 20 heteroatoms. The Balaban J connectivity index is 0.00000104. The third-order valence-corrected chi connectivity index (χ3v) is 8.49. The number of hydrogen-bond donors (Lipinski definition) is 6. The molecule has 0 bridgehead atoms. The molecule has 0 saturated carbocycles. The monoisotopic (exact) mass is 843 g/mol. The van der Waals surface area contributed by atoms with E-state index in [9.17, 15) is 42.9 Å². The van der Waals surface area contributed by atoms with Crippen LogP contribution in [0.5, 0.6) is 0 Å². The zero-order chi connectivity index (χ0) is 43.5. The highest BCUT2D eigenvalue weighted by molar-refractivity contribution is 5.83. The maximum absolute atomic E-state index is 13.1. The minimum absolute atomic E-state index is 0.0263. The number of rotatable bonds is 16. The molecule has 4 aromatic rings. The Hall–Kier alpha value is -6.35. The number of carbonyl (C=O) groups excluding carboxylic acids is 3. The van der Waals surface area contributed by atoms with Crippen LogP contribution in [0.25, 0.3) is 0 Å². The predicted octanol–water partition coefficient (Wildman–Crippen LogP) is 3.99. The second kappa shape index (κ2) is 23.3. The van der Waals surface area contributed by atoms with Gasteiger partial charge in [-0.05, 0) is 42.0 Å². The van der Waals surface area contributed by atoms with Crippen molar-refractivity contribution in [3.8, 4) is 0 Å². The van der Waals surface area contributed by atoms with Crippen molar-refractivity contribution < 1.29 is 71.7 Å². The topological polar surface area (TPSA) is 240 Å². The van der Waals surface area contributed by atoms with Crippen molar-refractivity contribution in [2.24, 2.45) is 4.99 Å². The summed E-state index contributed by atoms with van der Waals surface area (Å²) in [7, 11) is 0. The molecule has 0 unspecified atom stereocenters. The van der Waals surface area contributed by atoms with Gasteiger partial charge in [-0.25, -0.2) is 19.2 Å². The highest BCUT2D eigenvalue weighted by Gasteiger charge is 2.43. The Kier molecular flexibility index (Phi) is 18.0. The summed E-state index contributed by atoms with van der Waals surface area (Å²) >= 11 is 0. The number of unbranched alkanes of at least 4 members (excludes halogenated alkanes) is 1. The molecular formula is C40H44F3N5O12. The van der Waals surface area contributed by atoms with Crippen molar-refractivity contribution >= 4 is 29.9 Å². The summed E-state index contributed by atoms with van der Waals surface area (Å²) in [6.07, 6.45) is -9.01. The van der Waals surface area contributed by atoms with Crippen molar-refractivity contribution in [1.82, 2.24) is 14.9 Å². The maximum Gasteiger partial charge on any atom is 0.490 e. The lowest BCUT2D eigenvalue weighted by Crippen LogP contribution is -2.42. The smallest absolute Gasteiger partial charge is 0.475 e. The van der Waals surface area contributed by atoms with E-state index in [-0.39, 0.29) is 44.2 Å². The molecule has 0 radical (unpaired) electrons. The molecule has 322 valence electrons. The number of amides is 2. The van der Waals surface area contributed by atoms with Crippen molar-refractivity contribution in [3.63, 3.8) is 0 Å². The average molecular weight is 844 g/mol. The molecule has 17 nitrogen and oxygen atoms in total. The van der Waals surface area contributed by atoms with Gasteiger partial charge in [-0.1, -0.05) is 91.0 Å². The number of hydrogen-bond acceptors (Lipinski definition) is 13. The van der Waals surface area contributed by atoms with Crippen LogP contribution in [0.2, 0.25) is 0 Å². The molecule has 1 aliphatic heterocycles. The van der Waals surface area contributed by atoms with Crippen molar-refractivity contribution in [1.29, 1.82) is 0 Å².